The summed E-state index contributed by atoms with van der Waals surface area (Å²) in [5.74, 6) is -0.176. The Bertz CT molecular complexity index is 874. The Hall–Kier alpha value is -2.90. The van der Waals surface area contributed by atoms with Gasteiger partial charge in [-0.05, 0) is 37.7 Å². The van der Waals surface area contributed by atoms with Crippen LogP contribution in [0, 0.1) is 0 Å². The molecular formula is C25H34N4O4. The zero-order valence-corrected chi connectivity index (χ0v) is 19.2. The predicted octanol–water partition coefficient (Wildman–Crippen LogP) is 2.37. The van der Waals surface area contributed by atoms with Gasteiger partial charge in [0.15, 0.2) is 0 Å². The van der Waals surface area contributed by atoms with Crippen molar-refractivity contribution in [3.05, 3.63) is 35.9 Å². The van der Waals surface area contributed by atoms with Crippen molar-refractivity contribution in [3.8, 4) is 0 Å². The molecule has 2 N–H and O–H groups in total. The lowest BCUT2D eigenvalue weighted by atomic mass is 9.82. The number of hydrogen-bond donors (Lipinski definition) is 2. The molecule has 2 aliphatic heterocycles. The molecule has 4 rings (SSSR count). The maximum absolute atomic E-state index is 12.8. The molecule has 0 bridgehead atoms. The summed E-state index contributed by atoms with van der Waals surface area (Å²) in [4.78, 5) is 53.2. The van der Waals surface area contributed by atoms with Crippen molar-refractivity contribution < 1.29 is 19.2 Å². The Morgan fingerprint density at radius 3 is 2.39 bits per heavy atom. The number of aryl methyl sites for hydroxylation is 1. The van der Waals surface area contributed by atoms with Crippen molar-refractivity contribution in [2.24, 2.45) is 0 Å². The Labute approximate surface area is 195 Å². The predicted molar refractivity (Wildman–Crippen MR) is 123 cm³/mol. The van der Waals surface area contributed by atoms with E-state index >= 15 is 0 Å². The number of amides is 5. The van der Waals surface area contributed by atoms with Gasteiger partial charge in [0.1, 0.15) is 5.54 Å². The first-order valence-corrected chi connectivity index (χ1v) is 12.2. The first-order chi connectivity index (χ1) is 16.0. The molecule has 3 fully saturated rings. The van der Waals surface area contributed by atoms with Crippen LogP contribution in [0.25, 0.3) is 0 Å². The third-order valence-electron chi connectivity index (χ3n) is 7.20. The highest BCUT2D eigenvalue weighted by molar-refractivity contribution is 6.07. The molecule has 1 aromatic carbocycles. The summed E-state index contributed by atoms with van der Waals surface area (Å²) in [5.41, 5.74) is 0.405. The second kappa shape index (κ2) is 10.4. The van der Waals surface area contributed by atoms with Gasteiger partial charge in [-0.1, -0.05) is 49.6 Å². The number of nitrogens with one attached hydrogen (secondary N) is 2. The molecule has 2 saturated heterocycles. The summed E-state index contributed by atoms with van der Waals surface area (Å²) in [6.07, 6.45) is 7.09. The summed E-state index contributed by atoms with van der Waals surface area (Å²) in [5, 5.41) is 5.98. The molecule has 0 radical (unpaired) electrons. The zero-order chi connectivity index (χ0) is 23.3. The van der Waals surface area contributed by atoms with Crippen molar-refractivity contribution in [1.29, 1.82) is 0 Å². The molecule has 1 aliphatic carbocycles. The van der Waals surface area contributed by atoms with Gasteiger partial charge in [-0.3, -0.25) is 19.3 Å². The first-order valence-electron chi connectivity index (χ1n) is 12.2. The maximum Gasteiger partial charge on any atom is 0.325 e. The first kappa shape index (κ1) is 23.3. The highest BCUT2D eigenvalue weighted by Gasteiger charge is 2.51. The van der Waals surface area contributed by atoms with Crippen LogP contribution in [-0.4, -0.2) is 64.8 Å². The molecule has 2 heterocycles. The van der Waals surface area contributed by atoms with Crippen LogP contribution in [0.15, 0.2) is 30.3 Å². The third-order valence-corrected chi connectivity index (χ3v) is 7.20. The Balaban J connectivity index is 1.17. The SMILES string of the molecule is O=C(CCc1ccccc1)NC1CCN(C(=O)CCN2C(=O)NC3(CCCCC3)C2=O)CC1. The Morgan fingerprint density at radius 1 is 1.00 bits per heavy atom. The molecule has 33 heavy (non-hydrogen) atoms. The third kappa shape index (κ3) is 5.54. The maximum atomic E-state index is 12.8. The lowest BCUT2D eigenvalue weighted by molar-refractivity contribution is -0.134. The van der Waals surface area contributed by atoms with Crippen molar-refractivity contribution in [3.63, 3.8) is 0 Å². The molecule has 1 spiro atoms. The fraction of sp³-hybridized carbons (Fsp3) is 0.600. The highest BCUT2D eigenvalue weighted by Crippen LogP contribution is 2.33. The van der Waals surface area contributed by atoms with Gasteiger partial charge in [-0.2, -0.15) is 0 Å². The van der Waals surface area contributed by atoms with E-state index in [0.717, 1.165) is 37.7 Å². The average molecular weight is 455 g/mol. The van der Waals surface area contributed by atoms with Crippen LogP contribution in [0.3, 0.4) is 0 Å². The Morgan fingerprint density at radius 2 is 1.70 bits per heavy atom. The van der Waals surface area contributed by atoms with Crippen LogP contribution in [0.4, 0.5) is 4.79 Å². The van der Waals surface area contributed by atoms with E-state index in [1.54, 1.807) is 4.90 Å². The van der Waals surface area contributed by atoms with Crippen molar-refractivity contribution in [2.45, 2.75) is 75.8 Å². The van der Waals surface area contributed by atoms with E-state index in [1.165, 1.54) is 4.90 Å². The zero-order valence-electron chi connectivity index (χ0n) is 19.2. The largest absolute Gasteiger partial charge is 0.353 e. The van der Waals surface area contributed by atoms with Crippen LogP contribution < -0.4 is 10.6 Å². The minimum Gasteiger partial charge on any atom is -0.353 e. The fourth-order valence-electron chi connectivity index (χ4n) is 5.21. The molecule has 1 saturated carbocycles. The molecule has 8 nitrogen and oxygen atoms in total. The van der Waals surface area contributed by atoms with Gasteiger partial charge in [0, 0.05) is 38.5 Å². The Kier molecular flexibility index (Phi) is 7.30. The summed E-state index contributed by atoms with van der Waals surface area (Å²) >= 11 is 0. The number of benzene rings is 1. The van der Waals surface area contributed by atoms with Gasteiger partial charge in [-0.15, -0.1) is 0 Å². The van der Waals surface area contributed by atoms with E-state index in [1.807, 2.05) is 30.3 Å². The smallest absolute Gasteiger partial charge is 0.325 e. The van der Waals surface area contributed by atoms with E-state index in [9.17, 15) is 19.2 Å². The van der Waals surface area contributed by atoms with Crippen molar-refractivity contribution >= 4 is 23.8 Å². The number of carbonyl (C=O) groups is 4. The molecule has 8 heteroatoms. The summed E-state index contributed by atoms with van der Waals surface area (Å²) in [6.45, 7) is 1.28. The number of hydrogen-bond acceptors (Lipinski definition) is 4. The van der Waals surface area contributed by atoms with E-state index in [0.29, 0.717) is 38.8 Å². The molecule has 0 aromatic heterocycles. The number of likely N-dealkylation sites (tertiary alicyclic amines) is 1. The van der Waals surface area contributed by atoms with E-state index in [2.05, 4.69) is 10.6 Å². The van der Waals surface area contributed by atoms with Crippen LogP contribution in [0.2, 0.25) is 0 Å². The number of urea groups is 1. The van der Waals surface area contributed by atoms with Crippen LogP contribution in [-0.2, 0) is 20.8 Å². The van der Waals surface area contributed by atoms with E-state index in [-0.39, 0.29) is 42.8 Å². The lowest BCUT2D eigenvalue weighted by Gasteiger charge is -2.33. The van der Waals surface area contributed by atoms with Gasteiger partial charge >= 0.3 is 6.03 Å². The molecular weight excluding hydrogens is 420 g/mol. The highest BCUT2D eigenvalue weighted by atomic mass is 16.2. The van der Waals surface area contributed by atoms with Gasteiger partial charge in [0.25, 0.3) is 5.91 Å². The fourth-order valence-corrected chi connectivity index (χ4v) is 5.21. The molecule has 0 unspecified atom stereocenters. The lowest BCUT2D eigenvalue weighted by Crippen LogP contribution is -2.48. The van der Waals surface area contributed by atoms with Crippen molar-refractivity contribution in [1.82, 2.24) is 20.4 Å². The van der Waals surface area contributed by atoms with Gasteiger partial charge < -0.3 is 15.5 Å². The van der Waals surface area contributed by atoms with Crippen molar-refractivity contribution in [2.75, 3.05) is 19.6 Å². The van der Waals surface area contributed by atoms with Crippen LogP contribution >= 0.6 is 0 Å². The molecule has 178 valence electrons. The van der Waals surface area contributed by atoms with Crippen LogP contribution in [0.5, 0.6) is 0 Å². The van der Waals surface area contributed by atoms with Gasteiger partial charge in [0.05, 0.1) is 0 Å². The summed E-state index contributed by atoms with van der Waals surface area (Å²) in [6, 6.07) is 9.65. The topological polar surface area (TPSA) is 98.8 Å². The summed E-state index contributed by atoms with van der Waals surface area (Å²) in [7, 11) is 0. The average Bonchev–Trinajstić information content (AvgIpc) is 3.06. The quantitative estimate of drug-likeness (QED) is 0.618. The number of nitrogens with zero attached hydrogens (tertiary/aromatic N) is 2. The standard InChI is InChI=1S/C25H34N4O4/c30-21(10-9-19-7-3-1-4-8-19)26-20-11-16-28(17-12-20)22(31)13-18-29-23(32)25(27-24(29)33)14-5-2-6-15-25/h1,3-4,7-8,20H,2,5-6,9-18H2,(H,26,30)(H,27,33). The monoisotopic (exact) mass is 454 g/mol. The van der Waals surface area contributed by atoms with Gasteiger partial charge in [-0.25, -0.2) is 4.79 Å². The minimum absolute atomic E-state index is 0.0406. The summed E-state index contributed by atoms with van der Waals surface area (Å²) < 4.78 is 0. The normalized spacial score (nSPS) is 20.7. The second-order valence-electron chi connectivity index (χ2n) is 9.49. The van der Waals surface area contributed by atoms with Crippen LogP contribution in [0.1, 0.15) is 63.4 Å². The number of imide groups is 1. The number of rotatable bonds is 7. The van der Waals surface area contributed by atoms with Gasteiger partial charge in [0.2, 0.25) is 11.8 Å². The van der Waals surface area contributed by atoms with E-state index in [4.69, 9.17) is 0 Å². The number of piperidine rings is 1. The van der Waals surface area contributed by atoms with E-state index < -0.39 is 5.54 Å². The molecule has 1 aromatic rings. The molecule has 3 aliphatic rings. The number of carbonyl (C=O) groups excluding carboxylic acids is 4. The molecule has 0 atom stereocenters. The minimum atomic E-state index is -0.741. The molecule has 5 amide bonds. The second-order valence-corrected chi connectivity index (χ2v) is 9.49.